The first-order chi connectivity index (χ1) is 12.5. The molecular weight excluding hydrogens is 342 g/mol. The SMILES string of the molecule is CCNC(=NCc1cccc(C#N)c1)NCC(C)(C)NC(=O)OC(C)(C)C. The Bertz CT molecular complexity index is 699. The van der Waals surface area contributed by atoms with E-state index in [1.807, 2.05) is 59.7 Å². The number of nitrogens with zero attached hydrogens (tertiary/aromatic N) is 2. The van der Waals surface area contributed by atoms with Crippen LogP contribution >= 0.6 is 0 Å². The first-order valence-electron chi connectivity index (χ1n) is 9.07. The summed E-state index contributed by atoms with van der Waals surface area (Å²) in [5, 5.41) is 18.2. The number of amides is 1. The van der Waals surface area contributed by atoms with Crippen molar-refractivity contribution in [2.24, 2.45) is 4.99 Å². The summed E-state index contributed by atoms with van der Waals surface area (Å²) in [4.78, 5) is 16.5. The first kappa shape index (κ1) is 22.3. The van der Waals surface area contributed by atoms with Crippen LogP contribution in [-0.4, -0.2) is 36.3 Å². The summed E-state index contributed by atoms with van der Waals surface area (Å²) < 4.78 is 5.31. The molecule has 0 aromatic heterocycles. The maximum Gasteiger partial charge on any atom is 0.408 e. The van der Waals surface area contributed by atoms with Gasteiger partial charge >= 0.3 is 6.09 Å². The number of carbonyl (C=O) groups excluding carboxylic acids is 1. The van der Waals surface area contributed by atoms with E-state index in [4.69, 9.17) is 10.00 Å². The third-order valence-corrected chi connectivity index (χ3v) is 3.36. The molecule has 0 heterocycles. The number of rotatable bonds is 6. The molecule has 0 saturated heterocycles. The summed E-state index contributed by atoms with van der Waals surface area (Å²) in [6, 6.07) is 9.49. The van der Waals surface area contributed by atoms with Gasteiger partial charge in [-0.3, -0.25) is 0 Å². The van der Waals surface area contributed by atoms with E-state index in [-0.39, 0.29) is 0 Å². The Kier molecular flexibility index (Phi) is 8.10. The van der Waals surface area contributed by atoms with Gasteiger partial charge in [-0.25, -0.2) is 9.79 Å². The molecule has 1 aromatic carbocycles. The number of aliphatic imine (C=N–C) groups is 1. The second-order valence-corrected chi connectivity index (χ2v) is 7.87. The predicted octanol–water partition coefficient (Wildman–Crippen LogP) is 2.92. The Balaban J connectivity index is 2.67. The Morgan fingerprint density at radius 3 is 2.52 bits per heavy atom. The Labute approximate surface area is 162 Å². The third kappa shape index (κ3) is 9.50. The molecule has 27 heavy (non-hydrogen) atoms. The van der Waals surface area contributed by atoms with Crippen LogP contribution in [0.1, 0.15) is 52.7 Å². The maximum absolute atomic E-state index is 12.0. The number of ether oxygens (including phenoxy) is 1. The lowest BCUT2D eigenvalue weighted by atomic mass is 10.1. The highest BCUT2D eigenvalue weighted by molar-refractivity contribution is 5.80. The highest BCUT2D eigenvalue weighted by atomic mass is 16.6. The van der Waals surface area contributed by atoms with Gasteiger partial charge in [0.05, 0.1) is 23.7 Å². The molecule has 1 aromatic rings. The molecule has 3 N–H and O–H groups in total. The van der Waals surface area contributed by atoms with Crippen LogP contribution in [0.5, 0.6) is 0 Å². The van der Waals surface area contributed by atoms with Gasteiger partial charge in [-0.2, -0.15) is 5.26 Å². The van der Waals surface area contributed by atoms with Crippen LogP contribution in [0.3, 0.4) is 0 Å². The van der Waals surface area contributed by atoms with Crippen LogP contribution in [0.4, 0.5) is 4.79 Å². The van der Waals surface area contributed by atoms with Gasteiger partial charge in [-0.1, -0.05) is 12.1 Å². The number of hydrogen-bond donors (Lipinski definition) is 3. The fourth-order valence-electron chi connectivity index (χ4n) is 2.18. The minimum Gasteiger partial charge on any atom is -0.444 e. The first-order valence-corrected chi connectivity index (χ1v) is 9.07. The fraction of sp³-hybridized carbons (Fsp3) is 0.550. The molecule has 1 rings (SSSR count). The summed E-state index contributed by atoms with van der Waals surface area (Å²) in [7, 11) is 0. The van der Waals surface area contributed by atoms with Crippen molar-refractivity contribution in [1.29, 1.82) is 5.26 Å². The fourth-order valence-corrected chi connectivity index (χ4v) is 2.18. The van der Waals surface area contributed by atoms with E-state index < -0.39 is 17.2 Å². The predicted molar refractivity (Wildman–Crippen MR) is 107 cm³/mol. The van der Waals surface area contributed by atoms with E-state index >= 15 is 0 Å². The van der Waals surface area contributed by atoms with Crippen LogP contribution in [0.15, 0.2) is 29.3 Å². The Hall–Kier alpha value is -2.75. The van der Waals surface area contributed by atoms with Gasteiger partial charge in [0, 0.05) is 13.1 Å². The monoisotopic (exact) mass is 373 g/mol. The number of benzene rings is 1. The van der Waals surface area contributed by atoms with E-state index in [1.165, 1.54) is 0 Å². The summed E-state index contributed by atoms with van der Waals surface area (Å²) in [6.07, 6.45) is -0.454. The van der Waals surface area contributed by atoms with Gasteiger partial charge in [0.1, 0.15) is 5.60 Å². The van der Waals surface area contributed by atoms with Gasteiger partial charge in [0.15, 0.2) is 5.96 Å². The summed E-state index contributed by atoms with van der Waals surface area (Å²) in [5.41, 5.74) is 0.502. The molecule has 0 bridgehead atoms. The smallest absolute Gasteiger partial charge is 0.408 e. The average Bonchev–Trinajstić information content (AvgIpc) is 2.55. The summed E-state index contributed by atoms with van der Waals surface area (Å²) in [6.45, 7) is 12.9. The lowest BCUT2D eigenvalue weighted by Gasteiger charge is -2.29. The van der Waals surface area contributed by atoms with Crippen LogP contribution < -0.4 is 16.0 Å². The van der Waals surface area contributed by atoms with E-state index in [0.717, 1.165) is 5.56 Å². The van der Waals surface area contributed by atoms with Crippen molar-refractivity contribution in [2.75, 3.05) is 13.1 Å². The molecule has 7 heteroatoms. The van der Waals surface area contributed by atoms with Crippen molar-refractivity contribution < 1.29 is 9.53 Å². The molecule has 0 unspecified atom stereocenters. The van der Waals surface area contributed by atoms with Crippen molar-refractivity contribution in [3.05, 3.63) is 35.4 Å². The van der Waals surface area contributed by atoms with Crippen molar-refractivity contribution >= 4 is 12.1 Å². The van der Waals surface area contributed by atoms with Gasteiger partial charge in [0.25, 0.3) is 0 Å². The van der Waals surface area contributed by atoms with Gasteiger partial charge < -0.3 is 20.7 Å². The number of guanidine groups is 1. The van der Waals surface area contributed by atoms with Crippen molar-refractivity contribution in [1.82, 2.24) is 16.0 Å². The molecule has 7 nitrogen and oxygen atoms in total. The van der Waals surface area contributed by atoms with E-state index in [0.29, 0.717) is 31.2 Å². The highest BCUT2D eigenvalue weighted by Crippen LogP contribution is 2.09. The molecule has 0 aliphatic rings. The van der Waals surface area contributed by atoms with Crippen LogP contribution in [0.25, 0.3) is 0 Å². The molecule has 0 saturated carbocycles. The summed E-state index contributed by atoms with van der Waals surface area (Å²) in [5.74, 6) is 0.638. The van der Waals surface area contributed by atoms with Crippen molar-refractivity contribution in [2.45, 2.75) is 59.2 Å². The highest BCUT2D eigenvalue weighted by Gasteiger charge is 2.24. The van der Waals surface area contributed by atoms with Crippen LogP contribution in [0.2, 0.25) is 0 Å². The van der Waals surface area contributed by atoms with Gasteiger partial charge in [0.2, 0.25) is 0 Å². The lowest BCUT2D eigenvalue weighted by Crippen LogP contribution is -2.54. The zero-order valence-corrected chi connectivity index (χ0v) is 17.1. The standard InChI is InChI=1S/C20H31N5O2/c1-7-22-17(23-13-16-10-8-9-15(11-16)12-21)24-14-20(5,6)25-18(26)27-19(2,3)4/h8-11H,7,13-14H2,1-6H3,(H,25,26)(H2,22,23,24). The number of hydrogen-bond acceptors (Lipinski definition) is 4. The zero-order chi connectivity index (χ0) is 20.5. The Morgan fingerprint density at radius 1 is 1.22 bits per heavy atom. The molecule has 1 amide bonds. The quantitative estimate of drug-likeness (QED) is 0.526. The normalized spacial score (nSPS) is 12.1. The molecule has 0 spiro atoms. The van der Waals surface area contributed by atoms with Gasteiger partial charge in [-0.15, -0.1) is 0 Å². The minimum absolute atomic E-state index is 0.449. The lowest BCUT2D eigenvalue weighted by molar-refractivity contribution is 0.0474. The Morgan fingerprint density at radius 2 is 1.93 bits per heavy atom. The van der Waals surface area contributed by atoms with E-state index in [9.17, 15) is 4.79 Å². The molecule has 0 fully saturated rings. The molecular formula is C20H31N5O2. The van der Waals surface area contributed by atoms with E-state index in [1.54, 1.807) is 6.07 Å². The second-order valence-electron chi connectivity index (χ2n) is 7.87. The van der Waals surface area contributed by atoms with Crippen molar-refractivity contribution in [3.8, 4) is 6.07 Å². The third-order valence-electron chi connectivity index (χ3n) is 3.36. The number of nitriles is 1. The largest absolute Gasteiger partial charge is 0.444 e. The topological polar surface area (TPSA) is 98.5 Å². The van der Waals surface area contributed by atoms with Crippen molar-refractivity contribution in [3.63, 3.8) is 0 Å². The average molecular weight is 374 g/mol. The van der Waals surface area contributed by atoms with Crippen LogP contribution in [-0.2, 0) is 11.3 Å². The van der Waals surface area contributed by atoms with Gasteiger partial charge in [-0.05, 0) is 59.2 Å². The minimum atomic E-state index is -0.540. The molecule has 148 valence electrons. The second kappa shape index (κ2) is 9.81. The molecule has 0 aliphatic carbocycles. The molecule has 0 atom stereocenters. The van der Waals surface area contributed by atoms with Crippen LogP contribution in [0, 0.1) is 11.3 Å². The number of nitrogens with one attached hydrogen (secondary N) is 3. The number of alkyl carbamates (subject to hydrolysis) is 1. The number of carbonyl (C=O) groups is 1. The maximum atomic E-state index is 12.0. The summed E-state index contributed by atoms with van der Waals surface area (Å²) >= 11 is 0. The van der Waals surface area contributed by atoms with E-state index in [2.05, 4.69) is 27.0 Å². The molecule has 0 radical (unpaired) electrons. The zero-order valence-electron chi connectivity index (χ0n) is 17.1. The molecule has 0 aliphatic heterocycles.